The first-order valence-corrected chi connectivity index (χ1v) is 7.49. The van der Waals surface area contributed by atoms with Crippen LogP contribution in [0.5, 0.6) is 0 Å². The van der Waals surface area contributed by atoms with Crippen molar-refractivity contribution in [2.75, 3.05) is 11.9 Å². The smallest absolute Gasteiger partial charge is 0.260 e. The van der Waals surface area contributed by atoms with Gasteiger partial charge in [0.25, 0.3) is 5.91 Å². The SMILES string of the molecule is CC1=C(C(=O)Nc2ccc(C)cn2)C(c2ccccc2)=CCO1. The molecular weight excluding hydrogens is 288 g/mol. The second-order valence-electron chi connectivity index (χ2n) is 5.40. The number of ether oxygens (including phenoxy) is 1. The summed E-state index contributed by atoms with van der Waals surface area (Å²) < 4.78 is 5.54. The first kappa shape index (κ1) is 15.0. The fourth-order valence-electron chi connectivity index (χ4n) is 2.50. The van der Waals surface area contributed by atoms with Crippen LogP contribution >= 0.6 is 0 Å². The van der Waals surface area contributed by atoms with E-state index in [1.165, 1.54) is 0 Å². The van der Waals surface area contributed by atoms with Crippen LogP contribution in [-0.2, 0) is 9.53 Å². The van der Waals surface area contributed by atoms with Gasteiger partial charge in [0.05, 0.1) is 5.57 Å². The fourth-order valence-corrected chi connectivity index (χ4v) is 2.50. The first-order chi connectivity index (χ1) is 11.1. The van der Waals surface area contributed by atoms with E-state index in [1.807, 2.05) is 56.3 Å². The largest absolute Gasteiger partial charge is 0.493 e. The molecule has 0 bridgehead atoms. The summed E-state index contributed by atoms with van der Waals surface area (Å²) in [6.45, 7) is 4.24. The van der Waals surface area contributed by atoms with Crippen LogP contribution in [0.3, 0.4) is 0 Å². The molecule has 0 atom stereocenters. The maximum atomic E-state index is 12.7. The van der Waals surface area contributed by atoms with Gasteiger partial charge in [0.1, 0.15) is 18.2 Å². The zero-order valence-corrected chi connectivity index (χ0v) is 13.2. The molecule has 0 saturated heterocycles. The molecule has 0 unspecified atom stereocenters. The number of aryl methyl sites for hydroxylation is 1. The number of carbonyl (C=O) groups is 1. The van der Waals surface area contributed by atoms with E-state index >= 15 is 0 Å². The highest BCUT2D eigenvalue weighted by Crippen LogP contribution is 2.30. The maximum Gasteiger partial charge on any atom is 0.260 e. The van der Waals surface area contributed by atoms with Crippen molar-refractivity contribution < 1.29 is 9.53 Å². The number of nitrogens with zero attached hydrogens (tertiary/aromatic N) is 1. The molecule has 3 rings (SSSR count). The van der Waals surface area contributed by atoms with Gasteiger partial charge in [0, 0.05) is 6.20 Å². The fraction of sp³-hybridized carbons (Fsp3) is 0.158. The highest BCUT2D eigenvalue weighted by molar-refractivity contribution is 6.15. The van der Waals surface area contributed by atoms with Crippen molar-refractivity contribution in [3.63, 3.8) is 0 Å². The third kappa shape index (κ3) is 3.31. The van der Waals surface area contributed by atoms with Gasteiger partial charge in [-0.25, -0.2) is 4.98 Å². The summed E-state index contributed by atoms with van der Waals surface area (Å²) in [5, 5.41) is 2.84. The van der Waals surface area contributed by atoms with E-state index in [9.17, 15) is 4.79 Å². The third-order valence-electron chi connectivity index (χ3n) is 3.67. The normalized spacial score (nSPS) is 14.1. The predicted molar refractivity (Wildman–Crippen MR) is 90.7 cm³/mol. The van der Waals surface area contributed by atoms with Crippen molar-refractivity contribution in [2.24, 2.45) is 0 Å². The highest BCUT2D eigenvalue weighted by Gasteiger charge is 2.23. The molecule has 0 radical (unpaired) electrons. The molecule has 1 aliphatic heterocycles. The van der Waals surface area contributed by atoms with Crippen molar-refractivity contribution in [3.05, 3.63) is 77.2 Å². The number of hydrogen-bond acceptors (Lipinski definition) is 3. The average molecular weight is 306 g/mol. The number of benzene rings is 1. The van der Waals surface area contributed by atoms with E-state index in [2.05, 4.69) is 10.3 Å². The Labute approximate surface area is 135 Å². The molecule has 116 valence electrons. The van der Waals surface area contributed by atoms with Crippen LogP contribution < -0.4 is 5.32 Å². The third-order valence-corrected chi connectivity index (χ3v) is 3.67. The Morgan fingerprint density at radius 1 is 1.13 bits per heavy atom. The lowest BCUT2D eigenvalue weighted by molar-refractivity contribution is -0.112. The minimum Gasteiger partial charge on any atom is -0.493 e. The topological polar surface area (TPSA) is 51.2 Å². The van der Waals surface area contributed by atoms with E-state index in [0.29, 0.717) is 23.8 Å². The summed E-state index contributed by atoms with van der Waals surface area (Å²) in [6.07, 6.45) is 3.65. The molecule has 4 heteroatoms. The molecule has 2 aromatic rings. The lowest BCUT2D eigenvalue weighted by Crippen LogP contribution is -2.20. The number of aromatic nitrogens is 1. The summed E-state index contributed by atoms with van der Waals surface area (Å²) in [7, 11) is 0. The van der Waals surface area contributed by atoms with Gasteiger partial charge in [-0.3, -0.25) is 4.79 Å². The van der Waals surface area contributed by atoms with Crippen molar-refractivity contribution >= 4 is 17.3 Å². The Hall–Kier alpha value is -2.88. The summed E-state index contributed by atoms with van der Waals surface area (Å²) in [5.74, 6) is 0.934. The van der Waals surface area contributed by atoms with E-state index < -0.39 is 0 Å². The monoisotopic (exact) mass is 306 g/mol. The lowest BCUT2D eigenvalue weighted by atomic mass is 9.94. The molecule has 2 heterocycles. The number of hydrogen-bond donors (Lipinski definition) is 1. The van der Waals surface area contributed by atoms with Crippen LogP contribution in [0.4, 0.5) is 5.82 Å². The summed E-state index contributed by atoms with van der Waals surface area (Å²) >= 11 is 0. The summed E-state index contributed by atoms with van der Waals surface area (Å²) in [6, 6.07) is 13.5. The molecule has 1 N–H and O–H groups in total. The number of nitrogens with one attached hydrogen (secondary N) is 1. The maximum absolute atomic E-state index is 12.7. The van der Waals surface area contributed by atoms with Gasteiger partial charge in [-0.2, -0.15) is 0 Å². The summed E-state index contributed by atoms with van der Waals surface area (Å²) in [4.78, 5) is 16.9. The van der Waals surface area contributed by atoms with Crippen LogP contribution in [0.25, 0.3) is 5.57 Å². The van der Waals surface area contributed by atoms with Gasteiger partial charge < -0.3 is 10.1 Å². The Bertz CT molecular complexity index is 775. The average Bonchev–Trinajstić information content (AvgIpc) is 2.57. The number of pyridine rings is 1. The van der Waals surface area contributed by atoms with Gasteiger partial charge >= 0.3 is 0 Å². The van der Waals surface area contributed by atoms with E-state index in [1.54, 1.807) is 12.3 Å². The minimum absolute atomic E-state index is 0.214. The quantitative estimate of drug-likeness (QED) is 0.940. The Morgan fingerprint density at radius 2 is 1.91 bits per heavy atom. The van der Waals surface area contributed by atoms with Crippen molar-refractivity contribution in [1.29, 1.82) is 0 Å². The zero-order chi connectivity index (χ0) is 16.2. The molecule has 0 spiro atoms. The molecular formula is C19H18N2O2. The van der Waals surface area contributed by atoms with Gasteiger partial charge in [0.15, 0.2) is 0 Å². The Kier molecular flexibility index (Phi) is 4.24. The van der Waals surface area contributed by atoms with Crippen LogP contribution in [0.15, 0.2) is 66.1 Å². The number of amides is 1. The lowest BCUT2D eigenvalue weighted by Gasteiger charge is -2.20. The molecule has 0 fully saturated rings. The number of anilines is 1. The molecule has 1 aromatic heterocycles. The van der Waals surface area contributed by atoms with Gasteiger partial charge in [0.2, 0.25) is 0 Å². The molecule has 1 aliphatic rings. The van der Waals surface area contributed by atoms with Crippen LogP contribution in [0.1, 0.15) is 18.1 Å². The van der Waals surface area contributed by atoms with Crippen LogP contribution in [0, 0.1) is 6.92 Å². The molecule has 0 aliphatic carbocycles. The second-order valence-corrected chi connectivity index (χ2v) is 5.40. The van der Waals surface area contributed by atoms with E-state index in [4.69, 9.17) is 4.74 Å². The Balaban J connectivity index is 1.90. The van der Waals surface area contributed by atoms with Crippen LogP contribution in [0.2, 0.25) is 0 Å². The molecule has 1 amide bonds. The molecule has 4 nitrogen and oxygen atoms in total. The van der Waals surface area contributed by atoms with Crippen molar-refractivity contribution in [1.82, 2.24) is 4.98 Å². The second kappa shape index (κ2) is 6.48. The number of carbonyl (C=O) groups excluding carboxylic acids is 1. The minimum atomic E-state index is -0.214. The van der Waals surface area contributed by atoms with Gasteiger partial charge in [-0.1, -0.05) is 36.4 Å². The highest BCUT2D eigenvalue weighted by atomic mass is 16.5. The molecule has 1 aromatic carbocycles. The summed E-state index contributed by atoms with van der Waals surface area (Å²) in [5.41, 5.74) is 3.48. The standard InChI is InChI=1S/C19H18N2O2/c1-13-8-9-17(20-12-13)21-19(22)18-14(2)23-11-10-16(18)15-6-4-3-5-7-15/h3-10,12H,11H2,1-2H3,(H,20,21,22). The predicted octanol–water partition coefficient (Wildman–Crippen LogP) is 3.72. The van der Waals surface area contributed by atoms with Gasteiger partial charge in [-0.15, -0.1) is 0 Å². The van der Waals surface area contributed by atoms with Crippen LogP contribution in [-0.4, -0.2) is 17.5 Å². The molecule has 23 heavy (non-hydrogen) atoms. The Morgan fingerprint density at radius 3 is 2.61 bits per heavy atom. The van der Waals surface area contributed by atoms with E-state index in [0.717, 1.165) is 16.7 Å². The van der Waals surface area contributed by atoms with Crippen molar-refractivity contribution in [2.45, 2.75) is 13.8 Å². The molecule has 0 saturated carbocycles. The number of allylic oxidation sites excluding steroid dienone is 1. The number of rotatable bonds is 3. The van der Waals surface area contributed by atoms with E-state index in [-0.39, 0.29) is 5.91 Å². The zero-order valence-electron chi connectivity index (χ0n) is 13.2. The van der Waals surface area contributed by atoms with Crippen molar-refractivity contribution in [3.8, 4) is 0 Å². The van der Waals surface area contributed by atoms with Gasteiger partial charge in [-0.05, 0) is 42.7 Å². The first-order valence-electron chi connectivity index (χ1n) is 7.49.